The normalized spacial score (nSPS) is 14.1. The summed E-state index contributed by atoms with van der Waals surface area (Å²) in [4.78, 5) is 24.0. The zero-order valence-electron chi connectivity index (χ0n) is 10.2. The summed E-state index contributed by atoms with van der Waals surface area (Å²) in [5.41, 5.74) is 2.04. The highest BCUT2D eigenvalue weighted by atomic mass is 35.5. The number of hydrogen-bond acceptors (Lipinski definition) is 5. The van der Waals surface area contributed by atoms with E-state index in [0.717, 1.165) is 12.8 Å². The van der Waals surface area contributed by atoms with Crippen LogP contribution >= 0.6 is 11.6 Å². The van der Waals surface area contributed by atoms with Crippen LogP contribution in [0, 0.1) is 10.1 Å². The third-order valence-corrected chi connectivity index (χ3v) is 3.37. The summed E-state index contributed by atoms with van der Waals surface area (Å²) < 4.78 is 0. The summed E-state index contributed by atoms with van der Waals surface area (Å²) in [6, 6.07) is 2.78. The minimum absolute atomic E-state index is 0.00251. The summed E-state index contributed by atoms with van der Waals surface area (Å²) >= 11 is 5.91. The summed E-state index contributed by atoms with van der Waals surface area (Å²) in [5.74, 6) is 4.92. The van der Waals surface area contributed by atoms with Gasteiger partial charge < -0.3 is 10.3 Å². The zero-order valence-corrected chi connectivity index (χ0v) is 11.0. The van der Waals surface area contributed by atoms with Crippen molar-refractivity contribution in [1.29, 1.82) is 0 Å². The molecule has 1 aromatic rings. The molecule has 7 nitrogen and oxygen atoms in total. The van der Waals surface area contributed by atoms with Crippen molar-refractivity contribution in [2.75, 3.05) is 12.5 Å². The fourth-order valence-corrected chi connectivity index (χ4v) is 2.10. The Hall–Kier alpha value is -1.86. The molecule has 1 aromatic carbocycles. The maximum atomic E-state index is 12.1. The molecule has 0 bridgehead atoms. The average Bonchev–Trinajstić information content (AvgIpc) is 3.20. The Morgan fingerprint density at radius 3 is 2.68 bits per heavy atom. The summed E-state index contributed by atoms with van der Waals surface area (Å²) in [5, 5.41) is 11.0. The van der Waals surface area contributed by atoms with Gasteiger partial charge in [-0.1, -0.05) is 11.6 Å². The van der Waals surface area contributed by atoms with Gasteiger partial charge in [-0.15, -0.1) is 0 Å². The molecular formula is C11H13ClN4O3. The number of rotatable bonds is 4. The molecule has 1 fully saturated rings. The van der Waals surface area contributed by atoms with Gasteiger partial charge in [0.2, 0.25) is 0 Å². The lowest BCUT2D eigenvalue weighted by molar-refractivity contribution is -0.384. The molecule has 1 aliphatic rings. The number of hydrogen-bond donors (Lipinski definition) is 2. The Kier molecular flexibility index (Phi) is 3.59. The van der Waals surface area contributed by atoms with E-state index in [1.807, 2.05) is 0 Å². The van der Waals surface area contributed by atoms with Crippen molar-refractivity contribution in [3.63, 3.8) is 0 Å². The fraction of sp³-hybridized carbons (Fsp3) is 0.364. The topological polar surface area (TPSA) is 102 Å². The van der Waals surface area contributed by atoms with E-state index < -0.39 is 4.92 Å². The van der Waals surface area contributed by atoms with Crippen molar-refractivity contribution in [2.45, 2.75) is 18.9 Å². The van der Waals surface area contributed by atoms with Gasteiger partial charge in [-0.05, 0) is 18.9 Å². The van der Waals surface area contributed by atoms with E-state index in [-0.39, 0.29) is 33.9 Å². The van der Waals surface area contributed by atoms with Gasteiger partial charge in [0.15, 0.2) is 0 Å². The third-order valence-electron chi connectivity index (χ3n) is 3.07. The Balaban J connectivity index is 2.41. The SMILES string of the molecule is CN(C(=O)c1cc(Cl)c(NN)c([N+](=O)[O-])c1)C1CC1. The van der Waals surface area contributed by atoms with E-state index in [0.29, 0.717) is 0 Å². The Bertz CT molecular complexity index is 545. The molecule has 102 valence electrons. The van der Waals surface area contributed by atoms with E-state index >= 15 is 0 Å². The minimum atomic E-state index is -0.630. The number of hydrazine groups is 1. The number of nitro groups is 1. The smallest absolute Gasteiger partial charge is 0.295 e. The average molecular weight is 285 g/mol. The maximum absolute atomic E-state index is 12.1. The quantitative estimate of drug-likeness (QED) is 0.498. The third kappa shape index (κ3) is 2.61. The van der Waals surface area contributed by atoms with Crippen molar-refractivity contribution in [3.05, 3.63) is 32.8 Å². The van der Waals surface area contributed by atoms with Gasteiger partial charge in [0.1, 0.15) is 5.69 Å². The molecule has 3 N–H and O–H groups in total. The largest absolute Gasteiger partial charge is 0.339 e. The van der Waals surface area contributed by atoms with Gasteiger partial charge in [0.25, 0.3) is 11.6 Å². The van der Waals surface area contributed by atoms with E-state index in [4.69, 9.17) is 17.4 Å². The number of carbonyl (C=O) groups is 1. The van der Waals surface area contributed by atoms with Gasteiger partial charge in [-0.25, -0.2) is 0 Å². The van der Waals surface area contributed by atoms with Crippen molar-refractivity contribution >= 4 is 28.9 Å². The van der Waals surface area contributed by atoms with E-state index in [1.54, 1.807) is 11.9 Å². The lowest BCUT2D eigenvalue weighted by atomic mass is 10.1. The lowest BCUT2D eigenvalue weighted by Crippen LogP contribution is -2.28. The number of nitrogens with zero attached hydrogens (tertiary/aromatic N) is 2. The molecule has 0 unspecified atom stereocenters. The number of nitrogens with two attached hydrogens (primary N) is 1. The molecule has 8 heteroatoms. The van der Waals surface area contributed by atoms with Crippen LogP contribution in [0.2, 0.25) is 5.02 Å². The number of amides is 1. The van der Waals surface area contributed by atoms with Crippen LogP contribution < -0.4 is 11.3 Å². The van der Waals surface area contributed by atoms with Crippen LogP contribution in [0.3, 0.4) is 0 Å². The van der Waals surface area contributed by atoms with Crippen LogP contribution in [0.25, 0.3) is 0 Å². The van der Waals surface area contributed by atoms with Crippen molar-refractivity contribution < 1.29 is 9.72 Å². The second kappa shape index (κ2) is 5.02. The monoisotopic (exact) mass is 284 g/mol. The van der Waals surface area contributed by atoms with Gasteiger partial charge in [0.05, 0.1) is 9.95 Å². The number of carbonyl (C=O) groups excluding carboxylic acids is 1. The summed E-state index contributed by atoms with van der Waals surface area (Å²) in [6.07, 6.45) is 1.92. The van der Waals surface area contributed by atoms with E-state index in [1.165, 1.54) is 12.1 Å². The number of nitro benzene ring substituents is 1. The Labute approximate surface area is 114 Å². The standard InChI is InChI=1S/C11H13ClN4O3/c1-15(7-2-3-7)11(17)6-4-8(12)10(14-13)9(5-6)16(18)19/h4-5,7,14H,2-3,13H2,1H3. The highest BCUT2D eigenvalue weighted by Crippen LogP contribution is 2.34. The first-order chi connectivity index (χ1) is 8.95. The van der Waals surface area contributed by atoms with Crippen molar-refractivity contribution in [1.82, 2.24) is 4.90 Å². The van der Waals surface area contributed by atoms with Crippen LogP contribution in [0.4, 0.5) is 11.4 Å². The fourth-order valence-electron chi connectivity index (χ4n) is 1.83. The molecule has 0 aromatic heterocycles. The van der Waals surface area contributed by atoms with Crippen LogP contribution in [0.5, 0.6) is 0 Å². The van der Waals surface area contributed by atoms with Gasteiger partial charge in [-0.3, -0.25) is 20.8 Å². The highest BCUT2D eigenvalue weighted by molar-refractivity contribution is 6.34. The van der Waals surface area contributed by atoms with Crippen LogP contribution in [-0.2, 0) is 0 Å². The number of anilines is 1. The second-order valence-electron chi connectivity index (χ2n) is 4.40. The van der Waals surface area contributed by atoms with Gasteiger partial charge in [0, 0.05) is 24.7 Å². The van der Waals surface area contributed by atoms with Crippen molar-refractivity contribution in [2.24, 2.45) is 5.84 Å². The lowest BCUT2D eigenvalue weighted by Gasteiger charge is -2.16. The molecule has 0 saturated heterocycles. The number of benzene rings is 1. The second-order valence-corrected chi connectivity index (χ2v) is 4.81. The van der Waals surface area contributed by atoms with E-state index in [2.05, 4.69) is 5.43 Å². The molecule has 1 aliphatic carbocycles. The first-order valence-electron chi connectivity index (χ1n) is 5.67. The first kappa shape index (κ1) is 13.6. The van der Waals surface area contributed by atoms with Gasteiger partial charge in [-0.2, -0.15) is 0 Å². The molecule has 0 heterocycles. The minimum Gasteiger partial charge on any atom is -0.339 e. The van der Waals surface area contributed by atoms with Crippen molar-refractivity contribution in [3.8, 4) is 0 Å². The molecular weight excluding hydrogens is 272 g/mol. The summed E-state index contributed by atoms with van der Waals surface area (Å²) in [7, 11) is 1.68. The highest BCUT2D eigenvalue weighted by Gasteiger charge is 2.31. The number of nitrogens with one attached hydrogen (secondary N) is 1. The molecule has 0 spiro atoms. The zero-order chi connectivity index (χ0) is 14.2. The first-order valence-corrected chi connectivity index (χ1v) is 6.05. The molecule has 1 saturated carbocycles. The van der Waals surface area contributed by atoms with Gasteiger partial charge >= 0.3 is 0 Å². The summed E-state index contributed by atoms with van der Waals surface area (Å²) in [6.45, 7) is 0. The van der Waals surface area contributed by atoms with Crippen LogP contribution in [0.1, 0.15) is 23.2 Å². The Morgan fingerprint density at radius 2 is 2.21 bits per heavy atom. The molecule has 0 radical (unpaired) electrons. The van der Waals surface area contributed by atoms with E-state index in [9.17, 15) is 14.9 Å². The number of nitrogen functional groups attached to an aromatic ring is 1. The number of halogens is 1. The predicted molar refractivity (Wildman–Crippen MR) is 71.0 cm³/mol. The molecule has 19 heavy (non-hydrogen) atoms. The van der Waals surface area contributed by atoms with Crippen LogP contribution in [-0.4, -0.2) is 28.8 Å². The Morgan fingerprint density at radius 1 is 1.58 bits per heavy atom. The van der Waals surface area contributed by atoms with Crippen LogP contribution in [0.15, 0.2) is 12.1 Å². The molecule has 1 amide bonds. The molecule has 0 aliphatic heterocycles. The molecule has 2 rings (SSSR count). The molecule has 0 atom stereocenters. The predicted octanol–water partition coefficient (Wildman–Crippen LogP) is 1.77. The maximum Gasteiger partial charge on any atom is 0.295 e.